The molecule has 5 rings (SSSR count). The first-order chi connectivity index (χ1) is 12.3. The number of likely N-dealkylation sites (tertiary alicyclic amines) is 1. The van der Waals surface area contributed by atoms with Crippen LogP contribution in [0.3, 0.4) is 0 Å². The van der Waals surface area contributed by atoms with Crippen LogP contribution in [-0.4, -0.2) is 74.0 Å². The first-order valence-electron chi connectivity index (χ1n) is 9.80. The molecule has 4 aliphatic rings. The van der Waals surface area contributed by atoms with Gasteiger partial charge in [-0.3, -0.25) is 0 Å². The van der Waals surface area contributed by atoms with Crippen molar-refractivity contribution in [2.75, 3.05) is 64.1 Å². The van der Waals surface area contributed by atoms with Crippen LogP contribution in [0.2, 0.25) is 0 Å². The Morgan fingerprint density at radius 2 is 1.68 bits per heavy atom. The van der Waals surface area contributed by atoms with Crippen LogP contribution in [0.15, 0.2) is 12.4 Å². The van der Waals surface area contributed by atoms with E-state index < -0.39 is 0 Å². The van der Waals surface area contributed by atoms with Crippen LogP contribution in [0, 0.1) is 17.8 Å². The SMILES string of the molecule is c1nc(C2CC2)cc(N2CC3CN(CC4COCCOC4)CC3C2)n1. The summed E-state index contributed by atoms with van der Waals surface area (Å²) in [6.45, 7) is 9.01. The second kappa shape index (κ2) is 6.82. The Labute approximate surface area is 149 Å². The molecule has 6 nitrogen and oxygen atoms in total. The summed E-state index contributed by atoms with van der Waals surface area (Å²) < 4.78 is 11.3. The van der Waals surface area contributed by atoms with Crippen LogP contribution in [0.5, 0.6) is 0 Å². The zero-order chi connectivity index (χ0) is 16.6. The van der Waals surface area contributed by atoms with Crippen LogP contribution >= 0.6 is 0 Å². The second-order valence-corrected chi connectivity index (χ2v) is 8.23. The molecular formula is C19H28N4O2. The molecule has 1 aromatic rings. The fourth-order valence-electron chi connectivity index (χ4n) is 4.70. The minimum Gasteiger partial charge on any atom is -0.379 e. The largest absolute Gasteiger partial charge is 0.379 e. The van der Waals surface area contributed by atoms with Crippen molar-refractivity contribution in [3.05, 3.63) is 18.1 Å². The summed E-state index contributed by atoms with van der Waals surface area (Å²) in [5, 5.41) is 0. The number of rotatable bonds is 4. The van der Waals surface area contributed by atoms with Crippen molar-refractivity contribution in [2.45, 2.75) is 18.8 Å². The standard InChI is InChI=1S/C19H28N4O2/c1-2-15(1)18-5-19(21-13-20-18)23-9-16-7-22(8-17(16)10-23)6-14-11-24-3-4-25-12-14/h5,13-17H,1-4,6-12H2. The zero-order valence-electron chi connectivity index (χ0n) is 14.8. The number of ether oxygens (including phenoxy) is 2. The molecule has 0 spiro atoms. The molecule has 1 aromatic heterocycles. The summed E-state index contributed by atoms with van der Waals surface area (Å²) in [7, 11) is 0. The summed E-state index contributed by atoms with van der Waals surface area (Å²) in [6, 6.07) is 2.23. The van der Waals surface area contributed by atoms with E-state index in [0.29, 0.717) is 11.8 Å². The van der Waals surface area contributed by atoms with Crippen LogP contribution in [0.25, 0.3) is 0 Å². The Hall–Kier alpha value is -1.24. The molecule has 6 heteroatoms. The zero-order valence-corrected chi connectivity index (χ0v) is 14.8. The molecule has 2 unspecified atom stereocenters. The molecule has 1 aliphatic carbocycles. The van der Waals surface area contributed by atoms with Crippen molar-refractivity contribution < 1.29 is 9.47 Å². The minimum atomic E-state index is 0.528. The quantitative estimate of drug-likeness (QED) is 0.823. The van der Waals surface area contributed by atoms with E-state index in [0.717, 1.165) is 63.7 Å². The highest BCUT2D eigenvalue weighted by atomic mass is 16.5. The van der Waals surface area contributed by atoms with Gasteiger partial charge in [-0.2, -0.15) is 0 Å². The van der Waals surface area contributed by atoms with E-state index in [1.807, 2.05) is 0 Å². The maximum absolute atomic E-state index is 5.65. The van der Waals surface area contributed by atoms with Crippen molar-refractivity contribution in [2.24, 2.45) is 17.8 Å². The monoisotopic (exact) mass is 344 g/mol. The van der Waals surface area contributed by atoms with E-state index in [1.54, 1.807) is 6.33 Å². The van der Waals surface area contributed by atoms with Gasteiger partial charge >= 0.3 is 0 Å². The summed E-state index contributed by atoms with van der Waals surface area (Å²) >= 11 is 0. The summed E-state index contributed by atoms with van der Waals surface area (Å²) in [5.41, 5.74) is 1.25. The van der Waals surface area contributed by atoms with E-state index in [-0.39, 0.29) is 0 Å². The maximum atomic E-state index is 5.65. The van der Waals surface area contributed by atoms with E-state index >= 15 is 0 Å². The maximum Gasteiger partial charge on any atom is 0.132 e. The lowest BCUT2D eigenvalue weighted by molar-refractivity contribution is 0.103. The third-order valence-electron chi connectivity index (χ3n) is 6.15. The van der Waals surface area contributed by atoms with E-state index in [1.165, 1.54) is 31.6 Å². The van der Waals surface area contributed by atoms with E-state index in [9.17, 15) is 0 Å². The van der Waals surface area contributed by atoms with Gasteiger partial charge in [0.1, 0.15) is 12.1 Å². The molecule has 1 saturated carbocycles. The molecule has 4 heterocycles. The van der Waals surface area contributed by atoms with E-state index in [4.69, 9.17) is 9.47 Å². The number of nitrogens with zero attached hydrogens (tertiary/aromatic N) is 4. The predicted molar refractivity (Wildman–Crippen MR) is 94.8 cm³/mol. The van der Waals surface area contributed by atoms with Gasteiger partial charge in [0.25, 0.3) is 0 Å². The second-order valence-electron chi connectivity index (χ2n) is 8.23. The van der Waals surface area contributed by atoms with Gasteiger partial charge in [-0.05, 0) is 24.7 Å². The topological polar surface area (TPSA) is 50.7 Å². The van der Waals surface area contributed by atoms with Crippen LogP contribution in [-0.2, 0) is 9.47 Å². The molecular weight excluding hydrogens is 316 g/mol. The van der Waals surface area contributed by atoms with Crippen LogP contribution in [0.4, 0.5) is 5.82 Å². The Balaban J connectivity index is 1.17. The fourth-order valence-corrected chi connectivity index (χ4v) is 4.70. The average Bonchev–Trinajstić information content (AvgIpc) is 3.35. The van der Waals surface area contributed by atoms with Gasteiger partial charge in [0, 0.05) is 56.3 Å². The van der Waals surface area contributed by atoms with Gasteiger partial charge in [0.2, 0.25) is 0 Å². The molecule has 4 fully saturated rings. The number of aromatic nitrogens is 2. The number of anilines is 1. The average molecular weight is 344 g/mol. The fraction of sp³-hybridized carbons (Fsp3) is 0.789. The Morgan fingerprint density at radius 3 is 2.36 bits per heavy atom. The van der Waals surface area contributed by atoms with Gasteiger partial charge in [-0.15, -0.1) is 0 Å². The van der Waals surface area contributed by atoms with Crippen molar-refractivity contribution in [1.29, 1.82) is 0 Å². The Morgan fingerprint density at radius 1 is 0.960 bits per heavy atom. The number of fused-ring (bicyclic) bond motifs is 1. The molecule has 0 radical (unpaired) electrons. The van der Waals surface area contributed by atoms with Crippen molar-refractivity contribution in [3.63, 3.8) is 0 Å². The third kappa shape index (κ3) is 3.52. The molecule has 2 atom stereocenters. The Kier molecular flexibility index (Phi) is 4.36. The lowest BCUT2D eigenvalue weighted by atomic mass is 10.0. The van der Waals surface area contributed by atoms with Crippen molar-refractivity contribution in [3.8, 4) is 0 Å². The molecule has 136 valence electrons. The highest BCUT2D eigenvalue weighted by Crippen LogP contribution is 2.40. The molecule has 3 saturated heterocycles. The Bertz CT molecular complexity index is 587. The lowest BCUT2D eigenvalue weighted by Crippen LogP contribution is -2.34. The predicted octanol–water partition coefficient (Wildman–Crippen LogP) is 1.38. The first kappa shape index (κ1) is 16.0. The van der Waals surface area contributed by atoms with Crippen molar-refractivity contribution in [1.82, 2.24) is 14.9 Å². The van der Waals surface area contributed by atoms with Gasteiger partial charge in [-0.25, -0.2) is 9.97 Å². The third-order valence-corrected chi connectivity index (χ3v) is 6.15. The van der Waals surface area contributed by atoms with Gasteiger partial charge in [0.05, 0.1) is 26.4 Å². The molecule has 0 bridgehead atoms. The molecule has 0 aromatic carbocycles. The molecule has 0 N–H and O–H groups in total. The van der Waals surface area contributed by atoms with Gasteiger partial charge < -0.3 is 19.3 Å². The molecule has 25 heavy (non-hydrogen) atoms. The highest BCUT2D eigenvalue weighted by molar-refractivity contribution is 5.42. The normalized spacial score (nSPS) is 31.3. The van der Waals surface area contributed by atoms with Crippen LogP contribution in [0.1, 0.15) is 24.5 Å². The number of hydrogen-bond donors (Lipinski definition) is 0. The smallest absolute Gasteiger partial charge is 0.132 e. The lowest BCUT2D eigenvalue weighted by Gasteiger charge is -2.25. The van der Waals surface area contributed by atoms with Gasteiger partial charge in [0.15, 0.2) is 0 Å². The van der Waals surface area contributed by atoms with Gasteiger partial charge in [-0.1, -0.05) is 0 Å². The van der Waals surface area contributed by atoms with Crippen LogP contribution < -0.4 is 4.90 Å². The first-order valence-corrected chi connectivity index (χ1v) is 9.80. The molecule has 0 amide bonds. The number of hydrogen-bond acceptors (Lipinski definition) is 6. The highest BCUT2D eigenvalue weighted by Gasteiger charge is 2.41. The molecule has 3 aliphatic heterocycles. The summed E-state index contributed by atoms with van der Waals surface area (Å²) in [6.07, 6.45) is 4.35. The minimum absolute atomic E-state index is 0.528. The summed E-state index contributed by atoms with van der Waals surface area (Å²) in [5.74, 6) is 3.91. The van der Waals surface area contributed by atoms with Crippen molar-refractivity contribution >= 4 is 5.82 Å². The summed E-state index contributed by atoms with van der Waals surface area (Å²) in [4.78, 5) is 14.1. The van der Waals surface area contributed by atoms with E-state index in [2.05, 4.69) is 25.8 Å².